The zero-order chi connectivity index (χ0) is 12.8. The van der Waals surface area contributed by atoms with E-state index >= 15 is 0 Å². The van der Waals surface area contributed by atoms with E-state index in [0.29, 0.717) is 0 Å². The molecule has 0 saturated heterocycles. The van der Waals surface area contributed by atoms with Crippen molar-refractivity contribution in [1.29, 1.82) is 0 Å². The summed E-state index contributed by atoms with van der Waals surface area (Å²) in [5, 5.41) is 0. The molecular weight excluding hydrogens is 218 g/mol. The second kappa shape index (κ2) is 6.25. The van der Waals surface area contributed by atoms with E-state index in [4.69, 9.17) is 15.2 Å². The van der Waals surface area contributed by atoms with Gasteiger partial charge in [0, 0.05) is 0 Å². The average Bonchev–Trinajstić information content (AvgIpc) is 2.35. The van der Waals surface area contributed by atoms with Gasteiger partial charge in [0.15, 0.2) is 0 Å². The minimum Gasteiger partial charge on any atom is -0.497 e. The molecular formula is C13H19NO3. The van der Waals surface area contributed by atoms with Crippen LogP contribution in [0.25, 0.3) is 0 Å². The van der Waals surface area contributed by atoms with Crippen LogP contribution < -0.4 is 10.5 Å². The molecule has 94 valence electrons. The first-order chi connectivity index (χ1) is 8.04. The van der Waals surface area contributed by atoms with E-state index in [9.17, 15) is 4.79 Å². The van der Waals surface area contributed by atoms with Gasteiger partial charge in [0.05, 0.1) is 7.11 Å². The zero-order valence-electron chi connectivity index (χ0n) is 10.5. The molecule has 0 fully saturated rings. The van der Waals surface area contributed by atoms with Gasteiger partial charge in [-0.2, -0.15) is 0 Å². The fourth-order valence-corrected chi connectivity index (χ4v) is 1.24. The highest BCUT2D eigenvalue weighted by Gasteiger charge is 2.18. The van der Waals surface area contributed by atoms with Gasteiger partial charge in [-0.3, -0.25) is 4.79 Å². The van der Waals surface area contributed by atoms with Gasteiger partial charge in [0.1, 0.15) is 18.4 Å². The molecule has 0 aliphatic carbocycles. The number of methoxy groups -OCH3 is 1. The summed E-state index contributed by atoms with van der Waals surface area (Å²) in [4.78, 5) is 11.5. The zero-order valence-corrected chi connectivity index (χ0v) is 10.5. The summed E-state index contributed by atoms with van der Waals surface area (Å²) in [6, 6.07) is 6.80. The third-order valence-corrected chi connectivity index (χ3v) is 2.53. The Balaban J connectivity index is 2.47. The Morgan fingerprint density at radius 1 is 1.29 bits per heavy atom. The summed E-state index contributed by atoms with van der Waals surface area (Å²) >= 11 is 0. The highest BCUT2D eigenvalue weighted by Crippen LogP contribution is 2.12. The van der Waals surface area contributed by atoms with E-state index in [-0.39, 0.29) is 18.5 Å². The molecule has 0 saturated carbocycles. The Morgan fingerprint density at radius 2 is 1.88 bits per heavy atom. The molecule has 0 heterocycles. The van der Waals surface area contributed by atoms with Crippen molar-refractivity contribution in [2.75, 3.05) is 7.11 Å². The number of hydrogen-bond acceptors (Lipinski definition) is 4. The molecule has 4 nitrogen and oxygen atoms in total. The highest BCUT2D eigenvalue weighted by molar-refractivity contribution is 5.75. The van der Waals surface area contributed by atoms with Crippen LogP contribution >= 0.6 is 0 Å². The van der Waals surface area contributed by atoms with Gasteiger partial charge in [-0.05, 0) is 23.6 Å². The van der Waals surface area contributed by atoms with E-state index in [1.165, 1.54) is 0 Å². The first kappa shape index (κ1) is 13.5. The SMILES string of the molecule is COc1ccc(COC(=O)[C@H](N)C(C)C)cc1. The molecule has 0 aromatic heterocycles. The van der Waals surface area contributed by atoms with E-state index in [2.05, 4.69) is 0 Å². The minimum absolute atomic E-state index is 0.0818. The van der Waals surface area contributed by atoms with Gasteiger partial charge in [0.2, 0.25) is 0 Å². The van der Waals surface area contributed by atoms with Crippen LogP contribution in [0.5, 0.6) is 5.75 Å². The normalized spacial score (nSPS) is 12.3. The number of benzene rings is 1. The summed E-state index contributed by atoms with van der Waals surface area (Å²) in [7, 11) is 1.61. The number of carbonyl (C=O) groups excluding carboxylic acids is 1. The molecule has 0 bridgehead atoms. The lowest BCUT2D eigenvalue weighted by molar-refractivity contribution is -0.147. The molecule has 1 aromatic carbocycles. The highest BCUT2D eigenvalue weighted by atomic mass is 16.5. The third-order valence-electron chi connectivity index (χ3n) is 2.53. The van der Waals surface area contributed by atoms with Gasteiger partial charge in [-0.25, -0.2) is 0 Å². The number of ether oxygens (including phenoxy) is 2. The Hall–Kier alpha value is -1.55. The topological polar surface area (TPSA) is 61.5 Å². The molecule has 4 heteroatoms. The monoisotopic (exact) mass is 237 g/mol. The third kappa shape index (κ3) is 4.07. The molecule has 1 rings (SSSR count). The van der Waals surface area contributed by atoms with Gasteiger partial charge in [0.25, 0.3) is 0 Å². The molecule has 2 N–H and O–H groups in total. The van der Waals surface area contributed by atoms with Crippen LogP contribution in [0, 0.1) is 5.92 Å². The average molecular weight is 237 g/mol. The maximum Gasteiger partial charge on any atom is 0.323 e. The fourth-order valence-electron chi connectivity index (χ4n) is 1.24. The lowest BCUT2D eigenvalue weighted by atomic mass is 10.1. The molecule has 0 unspecified atom stereocenters. The van der Waals surface area contributed by atoms with Crippen molar-refractivity contribution in [3.05, 3.63) is 29.8 Å². The number of rotatable bonds is 5. The second-order valence-electron chi connectivity index (χ2n) is 4.23. The molecule has 1 atom stereocenters. The summed E-state index contributed by atoms with van der Waals surface area (Å²) in [6.07, 6.45) is 0. The van der Waals surface area contributed by atoms with Crippen molar-refractivity contribution in [3.63, 3.8) is 0 Å². The van der Waals surface area contributed by atoms with Crippen LogP contribution in [0.1, 0.15) is 19.4 Å². The van der Waals surface area contributed by atoms with Crippen molar-refractivity contribution in [1.82, 2.24) is 0 Å². The molecule has 0 spiro atoms. The molecule has 0 amide bonds. The summed E-state index contributed by atoms with van der Waals surface area (Å²) in [6.45, 7) is 4.02. The summed E-state index contributed by atoms with van der Waals surface area (Å²) < 4.78 is 10.2. The van der Waals surface area contributed by atoms with Crippen LogP contribution in [0.3, 0.4) is 0 Å². The van der Waals surface area contributed by atoms with E-state index in [1.54, 1.807) is 7.11 Å². The van der Waals surface area contributed by atoms with Crippen LogP contribution in [0.15, 0.2) is 24.3 Å². The van der Waals surface area contributed by atoms with Crippen molar-refractivity contribution in [2.45, 2.75) is 26.5 Å². The van der Waals surface area contributed by atoms with Crippen LogP contribution in [0.4, 0.5) is 0 Å². The Kier molecular flexibility index (Phi) is 4.97. The number of nitrogens with two attached hydrogens (primary N) is 1. The second-order valence-corrected chi connectivity index (χ2v) is 4.23. The predicted octanol–water partition coefficient (Wildman–Crippen LogP) is 1.72. The van der Waals surface area contributed by atoms with E-state index < -0.39 is 6.04 Å². The van der Waals surface area contributed by atoms with Crippen LogP contribution in [-0.4, -0.2) is 19.1 Å². The van der Waals surface area contributed by atoms with Crippen molar-refractivity contribution in [2.24, 2.45) is 11.7 Å². The molecule has 17 heavy (non-hydrogen) atoms. The van der Waals surface area contributed by atoms with Crippen molar-refractivity contribution >= 4 is 5.97 Å². The maximum absolute atomic E-state index is 11.5. The standard InChI is InChI=1S/C13H19NO3/c1-9(2)12(14)13(15)17-8-10-4-6-11(16-3)7-5-10/h4-7,9,12H,8,14H2,1-3H3/t12-/m1/s1. The first-order valence-electron chi connectivity index (χ1n) is 5.59. The summed E-state index contributed by atoms with van der Waals surface area (Å²) in [5.74, 6) is 0.494. The van der Waals surface area contributed by atoms with Crippen molar-refractivity contribution < 1.29 is 14.3 Å². The quantitative estimate of drug-likeness (QED) is 0.792. The maximum atomic E-state index is 11.5. The van der Waals surface area contributed by atoms with Crippen LogP contribution in [-0.2, 0) is 16.1 Å². The lowest BCUT2D eigenvalue weighted by Gasteiger charge is -2.14. The molecule has 1 aromatic rings. The Morgan fingerprint density at radius 3 is 2.35 bits per heavy atom. The van der Waals surface area contributed by atoms with Gasteiger partial charge in [-0.1, -0.05) is 26.0 Å². The largest absolute Gasteiger partial charge is 0.497 e. The van der Waals surface area contributed by atoms with Gasteiger partial charge in [-0.15, -0.1) is 0 Å². The summed E-state index contributed by atoms with van der Waals surface area (Å²) in [5.41, 5.74) is 6.59. The molecule has 0 aliphatic rings. The van der Waals surface area contributed by atoms with Crippen molar-refractivity contribution in [3.8, 4) is 5.75 Å². The van der Waals surface area contributed by atoms with Gasteiger partial charge >= 0.3 is 5.97 Å². The molecule has 0 radical (unpaired) electrons. The van der Waals surface area contributed by atoms with Crippen LogP contribution in [0.2, 0.25) is 0 Å². The number of carbonyl (C=O) groups is 1. The smallest absolute Gasteiger partial charge is 0.323 e. The lowest BCUT2D eigenvalue weighted by Crippen LogP contribution is -2.36. The fraction of sp³-hybridized carbons (Fsp3) is 0.462. The number of hydrogen-bond donors (Lipinski definition) is 1. The Labute approximate surface area is 102 Å². The van der Waals surface area contributed by atoms with E-state index in [1.807, 2.05) is 38.1 Å². The van der Waals surface area contributed by atoms with Gasteiger partial charge < -0.3 is 15.2 Å². The predicted molar refractivity (Wildman–Crippen MR) is 65.6 cm³/mol. The Bertz CT molecular complexity index is 359. The number of esters is 1. The first-order valence-corrected chi connectivity index (χ1v) is 5.59. The van der Waals surface area contributed by atoms with E-state index in [0.717, 1.165) is 11.3 Å². The molecule has 0 aliphatic heterocycles. The minimum atomic E-state index is -0.562.